The third-order valence-corrected chi connectivity index (χ3v) is 0. The van der Waals surface area contributed by atoms with Gasteiger partial charge >= 0.3 is 43.1 Å². The zero-order valence-electron chi connectivity index (χ0n) is 3.82. The molecule has 0 bridgehead atoms. The van der Waals surface area contributed by atoms with Crippen LogP contribution in [-0.2, 0) is 3.80 Å². The van der Waals surface area contributed by atoms with Crippen molar-refractivity contribution in [3.8, 4) is 0 Å². The minimum atomic E-state index is 0. The summed E-state index contributed by atoms with van der Waals surface area (Å²) in [6.07, 6.45) is 0. The van der Waals surface area contributed by atoms with Crippen molar-refractivity contribution in [2.24, 2.45) is 0 Å². The molecule has 4 heavy (non-hydrogen) atoms. The molecule has 1 nitrogen and oxygen atoms in total. The van der Waals surface area contributed by atoms with E-state index in [-0.39, 0.29) is 33.3 Å². The maximum absolute atomic E-state index is 8.28. The molecule has 0 spiro atoms. The SMILES string of the molecule is C.[H-].[H-].[Mg+2].[O]=[AlH]. The molecule has 0 aliphatic heterocycles. The average molecular weight is 86.4 g/mol. The zero-order valence-corrected chi connectivity index (χ0v) is 4.65. The van der Waals surface area contributed by atoms with Crippen LogP contribution in [0.2, 0.25) is 0 Å². The van der Waals surface area contributed by atoms with E-state index < -0.39 is 0 Å². The predicted molar refractivity (Wildman–Crippen MR) is 22.5 cm³/mol. The standard InChI is InChI=1S/CH4.Al.Mg.O.3H/h1H4;;;;;;/q;;+2;;;2*-1. The molecule has 0 aromatic heterocycles. The fraction of sp³-hybridized carbons (Fsp3) is 1.00. The van der Waals surface area contributed by atoms with E-state index in [1.807, 2.05) is 0 Å². The molecular weight excluding hydrogens is 79.3 g/mol. The van der Waals surface area contributed by atoms with Crippen molar-refractivity contribution in [1.29, 1.82) is 0 Å². The van der Waals surface area contributed by atoms with Crippen molar-refractivity contribution in [2.75, 3.05) is 0 Å². The Morgan fingerprint density at radius 1 is 1.50 bits per heavy atom. The van der Waals surface area contributed by atoms with Gasteiger partial charge in [-0.1, -0.05) is 7.43 Å². The van der Waals surface area contributed by atoms with E-state index in [0.29, 0.717) is 16.2 Å². The molecule has 0 atom stereocenters. The molecule has 0 aliphatic carbocycles. The number of hydrogen-bond donors (Lipinski definition) is 0. The van der Waals surface area contributed by atoms with Gasteiger partial charge < -0.3 is 2.85 Å². The second-order valence-electron chi connectivity index (χ2n) is 0. The van der Waals surface area contributed by atoms with E-state index >= 15 is 0 Å². The van der Waals surface area contributed by atoms with E-state index in [2.05, 4.69) is 0 Å². The second kappa shape index (κ2) is 32.6. The molecule has 0 radical (unpaired) electrons. The summed E-state index contributed by atoms with van der Waals surface area (Å²) in [5, 5.41) is 0. The summed E-state index contributed by atoms with van der Waals surface area (Å²) in [7, 11) is 0. The Morgan fingerprint density at radius 3 is 1.50 bits per heavy atom. The molecule has 0 amide bonds. The third-order valence-electron chi connectivity index (χ3n) is 0. The van der Waals surface area contributed by atoms with Crippen LogP contribution >= 0.6 is 0 Å². The molecule has 0 N–H and O–H groups in total. The van der Waals surface area contributed by atoms with Crippen LogP contribution in [0.15, 0.2) is 0 Å². The fourth-order valence-corrected chi connectivity index (χ4v) is 0. The van der Waals surface area contributed by atoms with Crippen LogP contribution in [0.25, 0.3) is 0 Å². The summed E-state index contributed by atoms with van der Waals surface area (Å²) in [4.78, 5) is 0. The molecule has 22 valence electrons. The predicted octanol–water partition coefficient (Wildman–Crippen LogP) is -0.287. The van der Waals surface area contributed by atoms with Crippen LogP contribution in [0.5, 0.6) is 0 Å². The van der Waals surface area contributed by atoms with Crippen LogP contribution in [0.1, 0.15) is 10.3 Å². The quantitative estimate of drug-likeness (QED) is 0.370. The molecular formula is CH7AlMgO. The molecule has 0 heterocycles. The number of hydrogen-bond acceptors (Lipinski definition) is 1. The van der Waals surface area contributed by atoms with Crippen LogP contribution < -0.4 is 0 Å². The van der Waals surface area contributed by atoms with Crippen molar-refractivity contribution >= 4 is 39.3 Å². The Labute approximate surface area is 53.5 Å². The van der Waals surface area contributed by atoms with Crippen LogP contribution in [-0.4, -0.2) is 39.3 Å². The van der Waals surface area contributed by atoms with Gasteiger partial charge in [-0.2, -0.15) is 0 Å². The number of rotatable bonds is 0. The monoisotopic (exact) mass is 86.0 g/mol. The molecule has 0 aromatic carbocycles. The van der Waals surface area contributed by atoms with Crippen molar-refractivity contribution in [3.63, 3.8) is 0 Å². The van der Waals surface area contributed by atoms with E-state index in [9.17, 15) is 0 Å². The third kappa shape index (κ3) is 11.3. The van der Waals surface area contributed by atoms with Crippen molar-refractivity contribution in [3.05, 3.63) is 0 Å². The van der Waals surface area contributed by atoms with Crippen LogP contribution in [0, 0.1) is 0 Å². The molecule has 0 unspecified atom stereocenters. The fourth-order valence-electron chi connectivity index (χ4n) is 0. The van der Waals surface area contributed by atoms with Crippen molar-refractivity contribution in [1.82, 2.24) is 0 Å². The summed E-state index contributed by atoms with van der Waals surface area (Å²) < 4.78 is 8.28. The molecule has 0 saturated heterocycles. The van der Waals surface area contributed by atoms with Gasteiger partial charge in [-0.05, 0) is 0 Å². The summed E-state index contributed by atoms with van der Waals surface area (Å²) in [5.41, 5.74) is 0. The zero-order chi connectivity index (χ0) is 2.00. The first-order valence-corrected chi connectivity index (χ1v) is 0.866. The van der Waals surface area contributed by atoms with E-state index in [1.165, 1.54) is 0 Å². The van der Waals surface area contributed by atoms with Gasteiger partial charge in [-0.15, -0.1) is 0 Å². The Balaban J connectivity index is -0.000000000833. The van der Waals surface area contributed by atoms with Gasteiger partial charge in [0.2, 0.25) is 0 Å². The Kier molecular flexibility index (Phi) is 159. The summed E-state index contributed by atoms with van der Waals surface area (Å²) in [5.74, 6) is 0. The summed E-state index contributed by atoms with van der Waals surface area (Å²) in [6.45, 7) is 0. The summed E-state index contributed by atoms with van der Waals surface area (Å²) >= 11 is 0.611. The molecule has 0 aliphatic rings. The first kappa shape index (κ1) is 19.4. The maximum atomic E-state index is 8.28. The van der Waals surface area contributed by atoms with Gasteiger partial charge in [-0.3, -0.25) is 0 Å². The van der Waals surface area contributed by atoms with Gasteiger partial charge in [-0.25, -0.2) is 0 Å². The Morgan fingerprint density at radius 2 is 1.50 bits per heavy atom. The molecule has 0 fully saturated rings. The van der Waals surface area contributed by atoms with E-state index in [4.69, 9.17) is 3.80 Å². The second-order valence-corrected chi connectivity index (χ2v) is 0. The van der Waals surface area contributed by atoms with E-state index in [1.54, 1.807) is 0 Å². The Hall–Kier alpha value is 1.10. The first-order chi connectivity index (χ1) is 1.00. The van der Waals surface area contributed by atoms with Gasteiger partial charge in [0.15, 0.2) is 0 Å². The van der Waals surface area contributed by atoms with Crippen LogP contribution in [0.3, 0.4) is 0 Å². The molecule has 0 rings (SSSR count). The normalized spacial score (nSPS) is 0.750. The van der Waals surface area contributed by atoms with Crippen LogP contribution in [0.4, 0.5) is 0 Å². The van der Waals surface area contributed by atoms with Crippen molar-refractivity contribution < 1.29 is 6.66 Å². The molecule has 0 saturated carbocycles. The summed E-state index contributed by atoms with van der Waals surface area (Å²) in [6, 6.07) is 0. The minimum absolute atomic E-state index is 0. The van der Waals surface area contributed by atoms with Gasteiger partial charge in [0.1, 0.15) is 0 Å². The first-order valence-electron chi connectivity index (χ1n) is 0.289. The average Bonchev–Trinajstić information content (AvgIpc) is 1.00. The molecule has 0 aromatic rings. The molecule has 3 heteroatoms. The van der Waals surface area contributed by atoms with Gasteiger partial charge in [0.25, 0.3) is 0 Å². The van der Waals surface area contributed by atoms with Crippen molar-refractivity contribution in [2.45, 2.75) is 7.43 Å². The van der Waals surface area contributed by atoms with Gasteiger partial charge in [0.05, 0.1) is 0 Å². The Bertz CT molecular complexity index is 13.5. The van der Waals surface area contributed by atoms with Gasteiger partial charge in [0, 0.05) is 0 Å². The topological polar surface area (TPSA) is 17.1 Å². The van der Waals surface area contributed by atoms with E-state index in [0.717, 1.165) is 0 Å².